The predicted molar refractivity (Wildman–Crippen MR) is 140 cm³/mol. The Morgan fingerprint density at radius 2 is 1.81 bits per heavy atom. The van der Waals surface area contributed by atoms with Crippen molar-refractivity contribution in [2.75, 3.05) is 36.5 Å². The number of rotatable bonds is 7. The Morgan fingerprint density at radius 3 is 2.51 bits per heavy atom. The lowest BCUT2D eigenvalue weighted by Gasteiger charge is -2.27. The average molecular weight is 500 g/mol. The lowest BCUT2D eigenvalue weighted by Crippen LogP contribution is -2.37. The Balaban J connectivity index is 1.24. The number of fused-ring (bicyclic) bond motifs is 1. The van der Waals surface area contributed by atoms with E-state index in [0.717, 1.165) is 59.7 Å². The summed E-state index contributed by atoms with van der Waals surface area (Å²) in [4.78, 5) is 32.4. The number of carbonyl (C=O) groups is 1. The smallest absolute Gasteiger partial charge is 0.335 e. The fraction of sp³-hybridized carbons (Fsp3) is 0.370. The molecule has 3 aromatic heterocycles. The van der Waals surface area contributed by atoms with E-state index < -0.39 is 5.97 Å². The quantitative estimate of drug-likeness (QED) is 0.386. The second kappa shape index (κ2) is 10.1. The number of benzene rings is 1. The Kier molecular flexibility index (Phi) is 6.40. The molecule has 10 heteroatoms. The van der Waals surface area contributed by atoms with Crippen LogP contribution in [-0.4, -0.2) is 61.9 Å². The number of hydrogen-bond donors (Lipinski definition) is 2. The zero-order valence-electron chi connectivity index (χ0n) is 20.5. The fourth-order valence-corrected chi connectivity index (χ4v) is 5.05. The van der Waals surface area contributed by atoms with E-state index in [-0.39, 0.29) is 5.56 Å². The molecule has 4 aromatic rings. The van der Waals surface area contributed by atoms with E-state index in [1.54, 1.807) is 24.3 Å². The highest BCUT2D eigenvalue weighted by molar-refractivity contribution is 5.88. The van der Waals surface area contributed by atoms with E-state index >= 15 is 0 Å². The van der Waals surface area contributed by atoms with E-state index in [4.69, 9.17) is 24.8 Å². The largest absolute Gasteiger partial charge is 0.478 e. The number of aromatic nitrogens is 5. The molecule has 0 amide bonds. The van der Waals surface area contributed by atoms with Gasteiger partial charge in [0.2, 0.25) is 5.95 Å². The van der Waals surface area contributed by atoms with Gasteiger partial charge in [0.05, 0.1) is 30.8 Å². The van der Waals surface area contributed by atoms with Crippen molar-refractivity contribution in [3.05, 3.63) is 60.0 Å². The molecule has 10 nitrogen and oxygen atoms in total. The molecule has 4 heterocycles. The van der Waals surface area contributed by atoms with Crippen LogP contribution in [0, 0.1) is 0 Å². The summed E-state index contributed by atoms with van der Waals surface area (Å²) in [6, 6.07) is 11.1. The highest BCUT2D eigenvalue weighted by Gasteiger charge is 2.23. The van der Waals surface area contributed by atoms with Gasteiger partial charge in [-0.15, -0.1) is 0 Å². The second-order valence-corrected chi connectivity index (χ2v) is 9.52. The molecular formula is C27H29N7O3. The maximum atomic E-state index is 11.1. The minimum absolute atomic E-state index is 0.257. The van der Waals surface area contributed by atoms with Gasteiger partial charge in [-0.1, -0.05) is 31.0 Å². The first kappa shape index (κ1) is 23.4. The van der Waals surface area contributed by atoms with Crippen molar-refractivity contribution in [1.29, 1.82) is 0 Å². The van der Waals surface area contributed by atoms with Gasteiger partial charge in [0.1, 0.15) is 0 Å². The summed E-state index contributed by atoms with van der Waals surface area (Å²) >= 11 is 0. The molecular weight excluding hydrogens is 470 g/mol. The molecule has 0 bridgehead atoms. The third-order valence-electron chi connectivity index (χ3n) is 7.13. The van der Waals surface area contributed by atoms with Crippen LogP contribution in [-0.2, 0) is 11.3 Å². The topological polar surface area (TPSA) is 118 Å². The maximum Gasteiger partial charge on any atom is 0.335 e. The van der Waals surface area contributed by atoms with E-state index in [0.29, 0.717) is 31.7 Å². The van der Waals surface area contributed by atoms with Gasteiger partial charge in [-0.2, -0.15) is 9.97 Å². The minimum atomic E-state index is -0.940. The first-order chi connectivity index (χ1) is 18.2. The van der Waals surface area contributed by atoms with Crippen LogP contribution in [0.25, 0.3) is 22.4 Å². The number of anilines is 2. The Labute approximate surface area is 214 Å². The van der Waals surface area contributed by atoms with Crippen LogP contribution in [0.1, 0.15) is 47.6 Å². The van der Waals surface area contributed by atoms with Gasteiger partial charge in [-0.25, -0.2) is 9.78 Å². The summed E-state index contributed by atoms with van der Waals surface area (Å²) in [5, 5.41) is 12.6. The van der Waals surface area contributed by atoms with Crippen LogP contribution in [0.2, 0.25) is 0 Å². The molecule has 1 saturated heterocycles. The van der Waals surface area contributed by atoms with Crippen LogP contribution in [0.4, 0.5) is 11.8 Å². The van der Waals surface area contributed by atoms with Crippen LogP contribution < -0.4 is 10.2 Å². The van der Waals surface area contributed by atoms with Gasteiger partial charge >= 0.3 is 5.97 Å². The van der Waals surface area contributed by atoms with Crippen molar-refractivity contribution in [3.63, 3.8) is 0 Å². The highest BCUT2D eigenvalue weighted by atomic mass is 16.5. The first-order valence-corrected chi connectivity index (χ1v) is 12.8. The molecule has 1 aromatic carbocycles. The zero-order valence-corrected chi connectivity index (χ0v) is 20.5. The lowest BCUT2D eigenvalue weighted by atomic mass is 10.1. The summed E-state index contributed by atoms with van der Waals surface area (Å²) in [7, 11) is 0. The second-order valence-electron chi connectivity index (χ2n) is 9.52. The van der Waals surface area contributed by atoms with Crippen LogP contribution >= 0.6 is 0 Å². The standard InChI is InChI=1S/C27H29N7O3/c35-26(36)20-8-6-19(7-9-20)22-10-5-18(15-28-22)16-29-24-23-25(34(17-30-23)21-3-1-2-4-21)32-27(31-24)33-11-13-37-14-12-33/h5-10,15,17,21H,1-4,11-14,16H2,(H,35,36)(H,29,31,32). The predicted octanol–water partition coefficient (Wildman–Crippen LogP) is 4.15. The SMILES string of the molecule is O=C(O)c1ccc(-c2ccc(CNc3nc(N4CCOCC4)nc4c3ncn4C3CCCC3)cn2)cc1. The molecule has 2 aliphatic rings. The van der Waals surface area contributed by atoms with Crippen molar-refractivity contribution in [3.8, 4) is 11.3 Å². The summed E-state index contributed by atoms with van der Waals surface area (Å²) in [5.74, 6) is 0.484. The van der Waals surface area contributed by atoms with Crippen molar-refractivity contribution in [1.82, 2.24) is 24.5 Å². The molecule has 1 aliphatic carbocycles. The molecule has 0 unspecified atom stereocenters. The first-order valence-electron chi connectivity index (χ1n) is 12.8. The number of ether oxygens (including phenoxy) is 1. The molecule has 1 aliphatic heterocycles. The van der Waals surface area contributed by atoms with Crippen LogP contribution in [0.15, 0.2) is 48.9 Å². The molecule has 6 rings (SSSR count). The van der Waals surface area contributed by atoms with Crippen LogP contribution in [0.3, 0.4) is 0 Å². The Bertz CT molecular complexity index is 1390. The number of hydrogen-bond acceptors (Lipinski definition) is 8. The maximum absolute atomic E-state index is 11.1. The normalized spacial score (nSPS) is 16.4. The van der Waals surface area contributed by atoms with Crippen molar-refractivity contribution in [2.45, 2.75) is 38.3 Å². The molecule has 37 heavy (non-hydrogen) atoms. The summed E-state index contributed by atoms with van der Waals surface area (Å²) in [6.07, 6.45) is 8.53. The third kappa shape index (κ3) is 4.84. The lowest BCUT2D eigenvalue weighted by molar-refractivity contribution is 0.0697. The monoisotopic (exact) mass is 499 g/mol. The minimum Gasteiger partial charge on any atom is -0.478 e. The van der Waals surface area contributed by atoms with E-state index in [9.17, 15) is 4.79 Å². The van der Waals surface area contributed by atoms with Crippen LogP contribution in [0.5, 0.6) is 0 Å². The third-order valence-corrected chi connectivity index (χ3v) is 7.13. The molecule has 190 valence electrons. The van der Waals surface area contributed by atoms with Crippen molar-refractivity contribution in [2.24, 2.45) is 0 Å². The average Bonchev–Trinajstić information content (AvgIpc) is 3.63. The van der Waals surface area contributed by atoms with Gasteiger partial charge in [-0.05, 0) is 36.6 Å². The van der Waals surface area contributed by atoms with Gasteiger partial charge in [0.25, 0.3) is 0 Å². The number of nitrogens with zero attached hydrogens (tertiary/aromatic N) is 6. The number of aromatic carboxylic acids is 1. The molecule has 0 radical (unpaired) electrons. The van der Waals surface area contributed by atoms with Crippen molar-refractivity contribution >= 4 is 28.9 Å². The van der Waals surface area contributed by atoms with Crippen molar-refractivity contribution < 1.29 is 14.6 Å². The highest BCUT2D eigenvalue weighted by Crippen LogP contribution is 2.33. The van der Waals surface area contributed by atoms with Gasteiger partial charge in [0, 0.05) is 37.4 Å². The number of nitrogens with one attached hydrogen (secondary N) is 1. The van der Waals surface area contributed by atoms with Gasteiger partial charge in [-0.3, -0.25) is 4.98 Å². The summed E-state index contributed by atoms with van der Waals surface area (Å²) in [6.45, 7) is 3.41. The summed E-state index contributed by atoms with van der Waals surface area (Å²) in [5.41, 5.74) is 4.58. The zero-order chi connectivity index (χ0) is 25.2. The number of carboxylic acids is 1. The molecule has 2 fully saturated rings. The van der Waals surface area contributed by atoms with E-state index in [1.807, 2.05) is 24.7 Å². The number of imidazole rings is 1. The number of carboxylic acid groups (broad SMARTS) is 1. The number of morpholine rings is 1. The molecule has 1 saturated carbocycles. The number of pyridine rings is 1. The fourth-order valence-electron chi connectivity index (χ4n) is 5.05. The summed E-state index contributed by atoms with van der Waals surface area (Å²) < 4.78 is 7.76. The Morgan fingerprint density at radius 1 is 1.03 bits per heavy atom. The van der Waals surface area contributed by atoms with Gasteiger partial charge in [0.15, 0.2) is 17.0 Å². The van der Waals surface area contributed by atoms with E-state index in [1.165, 1.54) is 12.8 Å². The molecule has 0 atom stereocenters. The molecule has 2 N–H and O–H groups in total. The Hall–Kier alpha value is -4.05. The van der Waals surface area contributed by atoms with E-state index in [2.05, 4.69) is 19.8 Å². The molecule has 0 spiro atoms. The van der Waals surface area contributed by atoms with Gasteiger partial charge < -0.3 is 24.6 Å².